The molecule has 118 valence electrons. The largest absolute Gasteiger partial charge is 0.411 e. The maximum Gasteiger partial charge on any atom is 0.258 e. The molecule has 0 spiro atoms. The molecule has 0 bridgehead atoms. The van der Waals surface area contributed by atoms with E-state index in [1.54, 1.807) is 12.1 Å². The molecular weight excluding hydrogens is 319 g/mol. The quantitative estimate of drug-likeness (QED) is 0.633. The third kappa shape index (κ3) is 2.68. The molecule has 0 aromatic heterocycles. The first-order valence-electron chi connectivity index (χ1n) is 7.10. The van der Waals surface area contributed by atoms with Crippen LogP contribution in [0.15, 0.2) is 41.6 Å². The Morgan fingerprint density at radius 1 is 1.35 bits per heavy atom. The number of hydrogen-bond acceptors (Lipinski definition) is 3. The number of oxime groups is 1. The van der Waals surface area contributed by atoms with E-state index in [4.69, 9.17) is 16.8 Å². The molecule has 1 aliphatic heterocycles. The van der Waals surface area contributed by atoms with Crippen molar-refractivity contribution in [3.05, 3.63) is 63.9 Å². The number of nitrogens with zero attached hydrogens (tertiary/aromatic N) is 2. The number of aryl methyl sites for hydroxylation is 1. The average molecular weight is 333 g/mol. The van der Waals surface area contributed by atoms with E-state index in [-0.39, 0.29) is 10.9 Å². The maximum atomic E-state index is 13.8. The van der Waals surface area contributed by atoms with E-state index in [2.05, 4.69) is 5.16 Å². The summed E-state index contributed by atoms with van der Waals surface area (Å²) in [5.74, 6) is -0.805. The van der Waals surface area contributed by atoms with Gasteiger partial charge in [-0.25, -0.2) is 4.39 Å². The van der Waals surface area contributed by atoms with Crippen molar-refractivity contribution in [2.24, 2.45) is 5.16 Å². The van der Waals surface area contributed by atoms with Gasteiger partial charge in [0.05, 0.1) is 16.4 Å². The van der Waals surface area contributed by atoms with Crippen LogP contribution in [-0.4, -0.2) is 23.4 Å². The molecule has 2 aromatic carbocycles. The molecule has 1 amide bonds. The number of carbonyl (C=O) groups is 1. The second-order valence-corrected chi connectivity index (χ2v) is 5.76. The Kier molecular flexibility index (Phi) is 4.05. The summed E-state index contributed by atoms with van der Waals surface area (Å²) in [6.07, 6.45) is 0.336. The van der Waals surface area contributed by atoms with Crippen molar-refractivity contribution < 1.29 is 14.4 Å². The molecule has 0 unspecified atom stereocenters. The molecule has 3 rings (SSSR count). The van der Waals surface area contributed by atoms with Crippen molar-refractivity contribution in [2.75, 3.05) is 11.4 Å². The summed E-state index contributed by atoms with van der Waals surface area (Å²) in [5.41, 5.74) is 2.59. The first-order chi connectivity index (χ1) is 11.0. The van der Waals surface area contributed by atoms with Crippen LogP contribution < -0.4 is 4.90 Å². The molecule has 1 N–H and O–H groups in total. The van der Waals surface area contributed by atoms with Crippen LogP contribution in [0, 0.1) is 12.7 Å². The molecule has 1 aliphatic rings. The summed E-state index contributed by atoms with van der Waals surface area (Å²) in [5, 5.41) is 12.2. The molecule has 23 heavy (non-hydrogen) atoms. The standard InChI is InChI=1S/C17H14ClFN2O2/c1-10-4-2-3-5-11(10)17(22)21-7-6-15(20-23)12-8-14(19)13(18)9-16(12)21/h2-5,8-9,23H,6-7H2,1H3. The summed E-state index contributed by atoms with van der Waals surface area (Å²) in [6.45, 7) is 2.19. The van der Waals surface area contributed by atoms with E-state index < -0.39 is 5.82 Å². The van der Waals surface area contributed by atoms with E-state index in [9.17, 15) is 9.18 Å². The van der Waals surface area contributed by atoms with Crippen molar-refractivity contribution in [3.63, 3.8) is 0 Å². The summed E-state index contributed by atoms with van der Waals surface area (Å²) in [7, 11) is 0. The zero-order chi connectivity index (χ0) is 16.6. The van der Waals surface area contributed by atoms with E-state index in [1.807, 2.05) is 19.1 Å². The zero-order valence-corrected chi connectivity index (χ0v) is 13.1. The van der Waals surface area contributed by atoms with E-state index in [1.165, 1.54) is 17.0 Å². The normalized spacial score (nSPS) is 15.6. The summed E-state index contributed by atoms with van der Waals surface area (Å²) in [4.78, 5) is 14.4. The molecular formula is C17H14ClFN2O2. The minimum absolute atomic E-state index is 0.0782. The van der Waals surface area contributed by atoms with E-state index in [0.29, 0.717) is 35.5 Å². The fourth-order valence-corrected chi connectivity index (χ4v) is 2.89. The van der Waals surface area contributed by atoms with Gasteiger partial charge in [-0.1, -0.05) is 35.0 Å². The summed E-state index contributed by atoms with van der Waals surface area (Å²) in [6, 6.07) is 9.85. The Morgan fingerprint density at radius 3 is 2.78 bits per heavy atom. The van der Waals surface area contributed by atoms with Crippen LogP contribution in [0.4, 0.5) is 10.1 Å². The summed E-state index contributed by atoms with van der Waals surface area (Å²) < 4.78 is 13.8. The summed E-state index contributed by atoms with van der Waals surface area (Å²) >= 11 is 5.87. The molecule has 0 saturated carbocycles. The van der Waals surface area contributed by atoms with Crippen molar-refractivity contribution in [1.82, 2.24) is 0 Å². The highest BCUT2D eigenvalue weighted by Gasteiger charge is 2.29. The molecule has 0 atom stereocenters. The fraction of sp³-hybridized carbons (Fsp3) is 0.176. The van der Waals surface area contributed by atoms with Crippen molar-refractivity contribution >= 4 is 28.9 Å². The van der Waals surface area contributed by atoms with Gasteiger partial charge >= 0.3 is 0 Å². The smallest absolute Gasteiger partial charge is 0.258 e. The monoisotopic (exact) mass is 332 g/mol. The molecule has 0 saturated heterocycles. The third-order valence-electron chi connectivity index (χ3n) is 3.95. The second-order valence-electron chi connectivity index (χ2n) is 5.35. The van der Waals surface area contributed by atoms with Crippen LogP contribution in [0.25, 0.3) is 0 Å². The first-order valence-corrected chi connectivity index (χ1v) is 7.48. The number of anilines is 1. The lowest BCUT2D eigenvalue weighted by Gasteiger charge is -2.30. The molecule has 0 fully saturated rings. The SMILES string of the molecule is Cc1ccccc1C(=O)N1CCC(=NO)c2cc(F)c(Cl)cc21. The van der Waals surface area contributed by atoms with Crippen LogP contribution in [-0.2, 0) is 0 Å². The van der Waals surface area contributed by atoms with Crippen LogP contribution in [0.2, 0.25) is 5.02 Å². The Bertz CT molecular complexity index is 820. The number of amides is 1. The fourth-order valence-electron chi connectivity index (χ4n) is 2.74. The highest BCUT2D eigenvalue weighted by Crippen LogP contribution is 2.33. The van der Waals surface area contributed by atoms with Crippen LogP contribution in [0.3, 0.4) is 0 Å². The number of fused-ring (bicyclic) bond motifs is 1. The predicted molar refractivity (Wildman–Crippen MR) is 87.2 cm³/mol. The Balaban J connectivity index is 2.11. The number of rotatable bonds is 1. The molecule has 0 radical (unpaired) electrons. The van der Waals surface area contributed by atoms with E-state index in [0.717, 1.165) is 5.56 Å². The molecule has 1 heterocycles. The topological polar surface area (TPSA) is 52.9 Å². The highest BCUT2D eigenvalue weighted by atomic mass is 35.5. The van der Waals surface area contributed by atoms with Gasteiger partial charge in [-0.2, -0.15) is 0 Å². The lowest BCUT2D eigenvalue weighted by Crippen LogP contribution is -2.38. The Morgan fingerprint density at radius 2 is 2.09 bits per heavy atom. The van der Waals surface area contributed by atoms with Crippen LogP contribution in [0.5, 0.6) is 0 Å². The van der Waals surface area contributed by atoms with Crippen LogP contribution in [0.1, 0.15) is 27.9 Å². The predicted octanol–water partition coefficient (Wildman–Crippen LogP) is 4.02. The Hall–Kier alpha value is -2.40. The van der Waals surface area contributed by atoms with Crippen molar-refractivity contribution in [3.8, 4) is 0 Å². The number of benzene rings is 2. The van der Waals surface area contributed by atoms with E-state index >= 15 is 0 Å². The highest BCUT2D eigenvalue weighted by molar-refractivity contribution is 6.31. The molecule has 6 heteroatoms. The number of carbonyl (C=O) groups excluding carboxylic acids is 1. The van der Waals surface area contributed by atoms with Gasteiger partial charge in [0.1, 0.15) is 5.82 Å². The Labute approximate surface area is 137 Å². The lowest BCUT2D eigenvalue weighted by atomic mass is 9.97. The number of hydrogen-bond donors (Lipinski definition) is 1. The van der Waals surface area contributed by atoms with Crippen molar-refractivity contribution in [1.29, 1.82) is 0 Å². The van der Waals surface area contributed by atoms with Gasteiger partial charge in [0.15, 0.2) is 0 Å². The zero-order valence-electron chi connectivity index (χ0n) is 12.4. The average Bonchev–Trinajstić information content (AvgIpc) is 2.55. The van der Waals surface area contributed by atoms with Crippen LogP contribution >= 0.6 is 11.6 Å². The third-order valence-corrected chi connectivity index (χ3v) is 4.24. The van der Waals surface area contributed by atoms with Gasteiger partial charge in [0, 0.05) is 24.1 Å². The van der Waals surface area contributed by atoms with Gasteiger partial charge in [0.2, 0.25) is 0 Å². The van der Waals surface area contributed by atoms with Crippen molar-refractivity contribution in [2.45, 2.75) is 13.3 Å². The van der Waals surface area contributed by atoms with Gasteiger partial charge in [-0.05, 0) is 30.7 Å². The molecule has 4 nitrogen and oxygen atoms in total. The second kappa shape index (κ2) is 6.01. The van der Waals surface area contributed by atoms with Gasteiger partial charge in [-0.3, -0.25) is 4.79 Å². The number of halogens is 2. The minimum atomic E-state index is -0.614. The van der Waals surface area contributed by atoms with Gasteiger partial charge < -0.3 is 10.1 Å². The van der Waals surface area contributed by atoms with Gasteiger partial charge in [0.25, 0.3) is 5.91 Å². The molecule has 0 aliphatic carbocycles. The molecule has 2 aromatic rings. The lowest BCUT2D eigenvalue weighted by molar-refractivity contribution is 0.0986. The maximum absolute atomic E-state index is 13.8. The first kappa shape index (κ1) is 15.5. The minimum Gasteiger partial charge on any atom is -0.411 e. The van der Waals surface area contributed by atoms with Gasteiger partial charge in [-0.15, -0.1) is 0 Å².